The second-order valence-corrected chi connectivity index (χ2v) is 4.35. The maximum Gasteiger partial charge on any atom is 0.418 e. The molecule has 0 spiro atoms. The Hall–Kier alpha value is -0.760. The molecule has 1 nitrogen and oxygen atoms in total. The number of carbonyl (C=O) groups is 1. The second-order valence-electron chi connectivity index (χ2n) is 3.15. The van der Waals surface area contributed by atoms with Gasteiger partial charge in [-0.1, -0.05) is 15.9 Å². The van der Waals surface area contributed by atoms with E-state index >= 15 is 0 Å². The van der Waals surface area contributed by atoms with Gasteiger partial charge >= 0.3 is 12.4 Å². The van der Waals surface area contributed by atoms with E-state index in [-0.39, 0.29) is 12.1 Å². The molecule has 0 radical (unpaired) electrons. The molecule has 0 fully saturated rings. The first-order valence-electron chi connectivity index (χ1n) is 4.12. The molecule has 0 aromatic heterocycles. The fraction of sp³-hybridized carbons (Fsp3) is 0.222. The number of carbonyl (C=O) groups excluding carboxylic acids is 1. The Bertz CT molecular complexity index is 493. The highest BCUT2D eigenvalue weighted by molar-refractivity contribution is 9.10. The van der Waals surface area contributed by atoms with Crippen LogP contribution in [0.5, 0.6) is 0 Å². The lowest BCUT2D eigenvalue weighted by Gasteiger charge is -2.15. The standard InChI is InChI=1S/C9H2BrClF6O/c10-5-2-3(8(12,13)14)1-4(7(11)18)6(5)9(15,16)17/h1-2H. The van der Waals surface area contributed by atoms with E-state index in [9.17, 15) is 31.1 Å². The summed E-state index contributed by atoms with van der Waals surface area (Å²) in [5.74, 6) is 0. The summed E-state index contributed by atoms with van der Waals surface area (Å²) in [5.41, 5.74) is -4.17. The van der Waals surface area contributed by atoms with E-state index in [1.54, 1.807) is 0 Å². The summed E-state index contributed by atoms with van der Waals surface area (Å²) in [7, 11) is 0. The number of hydrogen-bond donors (Lipinski definition) is 0. The molecule has 0 heterocycles. The molecule has 0 aliphatic carbocycles. The van der Waals surface area contributed by atoms with Gasteiger partial charge in [-0.2, -0.15) is 26.3 Å². The van der Waals surface area contributed by atoms with Crippen LogP contribution < -0.4 is 0 Å². The molecule has 0 N–H and O–H groups in total. The van der Waals surface area contributed by atoms with Crippen LogP contribution in [0.4, 0.5) is 26.3 Å². The molecule has 0 unspecified atom stereocenters. The molecule has 9 heteroatoms. The van der Waals surface area contributed by atoms with E-state index in [2.05, 4.69) is 15.9 Å². The number of benzene rings is 1. The molecule has 1 aromatic carbocycles. The molecule has 0 saturated carbocycles. The molecule has 0 amide bonds. The summed E-state index contributed by atoms with van der Waals surface area (Å²) in [5, 5.41) is -1.62. The zero-order chi connectivity index (χ0) is 14.3. The lowest BCUT2D eigenvalue weighted by molar-refractivity contribution is -0.142. The predicted octanol–water partition coefficient (Wildman–Crippen LogP) is 4.87. The van der Waals surface area contributed by atoms with Crippen molar-refractivity contribution in [2.45, 2.75) is 12.4 Å². The predicted molar refractivity (Wildman–Crippen MR) is 54.3 cm³/mol. The first-order valence-corrected chi connectivity index (χ1v) is 5.29. The van der Waals surface area contributed by atoms with Crippen LogP contribution in [-0.4, -0.2) is 5.24 Å². The molecule has 0 atom stereocenters. The number of hydrogen-bond acceptors (Lipinski definition) is 1. The van der Waals surface area contributed by atoms with Crippen molar-refractivity contribution in [2.24, 2.45) is 0 Å². The first kappa shape index (κ1) is 15.3. The van der Waals surface area contributed by atoms with Gasteiger partial charge in [0.1, 0.15) is 0 Å². The van der Waals surface area contributed by atoms with E-state index < -0.39 is 38.8 Å². The van der Waals surface area contributed by atoms with Crippen LogP contribution in [0.15, 0.2) is 16.6 Å². The summed E-state index contributed by atoms with van der Waals surface area (Å²) in [6.45, 7) is 0. The van der Waals surface area contributed by atoms with Crippen molar-refractivity contribution in [1.82, 2.24) is 0 Å². The largest absolute Gasteiger partial charge is 0.418 e. The maximum atomic E-state index is 12.6. The first-order chi connectivity index (χ1) is 7.94. The molecule has 1 rings (SSSR count). The minimum atomic E-state index is -5.00. The van der Waals surface area contributed by atoms with Crippen LogP contribution in [0.25, 0.3) is 0 Å². The quantitative estimate of drug-likeness (QED) is 0.519. The third-order valence-electron chi connectivity index (χ3n) is 1.91. The van der Waals surface area contributed by atoms with Crippen LogP contribution in [0, 0.1) is 0 Å². The zero-order valence-electron chi connectivity index (χ0n) is 8.09. The van der Waals surface area contributed by atoms with Gasteiger partial charge in [-0.15, -0.1) is 0 Å². The molecule has 0 aliphatic rings. The summed E-state index contributed by atoms with van der Waals surface area (Å²) in [6.07, 6.45) is -9.88. The highest BCUT2D eigenvalue weighted by atomic mass is 79.9. The Labute approximate surface area is 110 Å². The topological polar surface area (TPSA) is 17.1 Å². The summed E-state index contributed by atoms with van der Waals surface area (Å²) >= 11 is 7.24. The molecule has 100 valence electrons. The molecule has 1 aromatic rings. The Morgan fingerprint density at radius 2 is 1.56 bits per heavy atom. The summed E-state index contributed by atoms with van der Waals surface area (Å²) in [4.78, 5) is 10.8. The van der Waals surface area contributed by atoms with Crippen molar-refractivity contribution >= 4 is 32.8 Å². The van der Waals surface area contributed by atoms with Crippen molar-refractivity contribution in [3.63, 3.8) is 0 Å². The Morgan fingerprint density at radius 3 is 1.89 bits per heavy atom. The number of halogens is 8. The second kappa shape index (κ2) is 4.73. The summed E-state index contributed by atoms with van der Waals surface area (Å²) < 4.78 is 74.0. The van der Waals surface area contributed by atoms with Crippen molar-refractivity contribution in [3.05, 3.63) is 33.3 Å². The van der Waals surface area contributed by atoms with E-state index in [4.69, 9.17) is 11.6 Å². The highest BCUT2D eigenvalue weighted by Crippen LogP contribution is 2.41. The van der Waals surface area contributed by atoms with Crippen LogP contribution in [0.2, 0.25) is 0 Å². The van der Waals surface area contributed by atoms with Gasteiger partial charge in [-0.25, -0.2) is 0 Å². The van der Waals surface area contributed by atoms with Crippen molar-refractivity contribution < 1.29 is 31.1 Å². The van der Waals surface area contributed by atoms with Crippen molar-refractivity contribution in [3.8, 4) is 0 Å². The van der Waals surface area contributed by atoms with E-state index in [0.29, 0.717) is 0 Å². The van der Waals surface area contributed by atoms with E-state index in [0.717, 1.165) is 0 Å². The van der Waals surface area contributed by atoms with Gasteiger partial charge in [-0.3, -0.25) is 4.79 Å². The number of rotatable bonds is 1. The normalized spacial score (nSPS) is 12.7. The third-order valence-corrected chi connectivity index (χ3v) is 2.74. The highest BCUT2D eigenvalue weighted by Gasteiger charge is 2.40. The van der Waals surface area contributed by atoms with Gasteiger partial charge in [0.2, 0.25) is 0 Å². The van der Waals surface area contributed by atoms with Crippen LogP contribution in [0.3, 0.4) is 0 Å². The van der Waals surface area contributed by atoms with Crippen LogP contribution in [0.1, 0.15) is 21.5 Å². The van der Waals surface area contributed by atoms with Crippen molar-refractivity contribution in [2.75, 3.05) is 0 Å². The minimum Gasteiger partial charge on any atom is -0.276 e. The van der Waals surface area contributed by atoms with Crippen molar-refractivity contribution in [1.29, 1.82) is 0 Å². The monoisotopic (exact) mass is 354 g/mol. The molecule has 18 heavy (non-hydrogen) atoms. The molecule has 0 aliphatic heterocycles. The van der Waals surface area contributed by atoms with Gasteiger partial charge in [0.25, 0.3) is 5.24 Å². The van der Waals surface area contributed by atoms with E-state index in [1.165, 1.54) is 0 Å². The maximum absolute atomic E-state index is 12.6. The Morgan fingerprint density at radius 1 is 1.06 bits per heavy atom. The van der Waals surface area contributed by atoms with E-state index in [1.807, 2.05) is 0 Å². The molecular formula is C9H2BrClF6O. The fourth-order valence-corrected chi connectivity index (χ4v) is 2.05. The van der Waals surface area contributed by atoms with Gasteiger partial charge in [0.15, 0.2) is 0 Å². The lowest BCUT2D eigenvalue weighted by atomic mass is 10.0. The van der Waals surface area contributed by atoms with Crippen LogP contribution >= 0.6 is 27.5 Å². The smallest absolute Gasteiger partial charge is 0.276 e. The Balaban J connectivity index is 3.62. The van der Waals surface area contributed by atoms with Crippen LogP contribution in [-0.2, 0) is 12.4 Å². The number of alkyl halides is 6. The molecule has 0 bridgehead atoms. The van der Waals surface area contributed by atoms with Gasteiger partial charge < -0.3 is 0 Å². The lowest BCUT2D eigenvalue weighted by Crippen LogP contribution is -2.15. The zero-order valence-corrected chi connectivity index (χ0v) is 10.4. The third kappa shape index (κ3) is 3.17. The average molecular weight is 355 g/mol. The average Bonchev–Trinajstić information content (AvgIpc) is 2.12. The minimum absolute atomic E-state index is 0.0723. The molecule has 0 saturated heterocycles. The summed E-state index contributed by atoms with van der Waals surface area (Å²) in [6, 6.07) is 0.315. The van der Waals surface area contributed by atoms with Gasteiger partial charge in [-0.05, 0) is 23.7 Å². The Kier molecular flexibility index (Phi) is 4.02. The SMILES string of the molecule is O=C(Cl)c1cc(C(F)(F)F)cc(Br)c1C(F)(F)F. The fourth-order valence-electron chi connectivity index (χ4n) is 1.21. The van der Waals surface area contributed by atoms with Gasteiger partial charge in [0, 0.05) is 10.0 Å². The van der Waals surface area contributed by atoms with Gasteiger partial charge in [0.05, 0.1) is 11.1 Å². The molecular weight excluding hydrogens is 353 g/mol.